The summed E-state index contributed by atoms with van der Waals surface area (Å²) in [5.41, 5.74) is 7.13. The maximum Gasteiger partial charge on any atom is 0.239 e. The van der Waals surface area contributed by atoms with Gasteiger partial charge in [-0.15, -0.1) is 12.4 Å². The van der Waals surface area contributed by atoms with Crippen molar-refractivity contribution in [2.75, 3.05) is 13.1 Å². The van der Waals surface area contributed by atoms with Gasteiger partial charge in [0.15, 0.2) is 0 Å². The van der Waals surface area contributed by atoms with Crippen LogP contribution in [0.4, 0.5) is 0 Å². The second kappa shape index (κ2) is 10.2. The molecule has 0 radical (unpaired) electrons. The third kappa shape index (κ3) is 7.01. The second-order valence-electron chi connectivity index (χ2n) is 5.92. The van der Waals surface area contributed by atoms with E-state index in [0.717, 1.165) is 25.7 Å². The topological polar surface area (TPSA) is 84.2 Å². The number of hydrogen-bond acceptors (Lipinski definition) is 3. The number of rotatable bonds is 7. The fraction of sp³-hybridized carbons (Fsp3) is 0.529. The predicted octanol–water partition coefficient (Wildman–Crippen LogP) is 1.40. The van der Waals surface area contributed by atoms with E-state index < -0.39 is 0 Å². The molecule has 0 unspecified atom stereocenters. The minimum atomic E-state index is -0.153. The van der Waals surface area contributed by atoms with E-state index in [9.17, 15) is 9.59 Å². The van der Waals surface area contributed by atoms with E-state index in [2.05, 4.69) is 10.6 Å². The number of carbonyl (C=O) groups is 2. The lowest BCUT2D eigenvalue weighted by molar-refractivity contribution is -0.126. The van der Waals surface area contributed by atoms with E-state index >= 15 is 0 Å². The first-order valence-corrected chi connectivity index (χ1v) is 7.98. The lowest BCUT2D eigenvalue weighted by Crippen LogP contribution is -2.39. The summed E-state index contributed by atoms with van der Waals surface area (Å²) in [6.45, 7) is 0.613. The molecule has 2 rings (SSSR count). The molecule has 0 saturated heterocycles. The molecular formula is C17H26ClN3O2. The number of nitrogens with two attached hydrogens (primary N) is 1. The lowest BCUT2D eigenvalue weighted by Gasteiger charge is -2.14. The van der Waals surface area contributed by atoms with E-state index in [1.54, 1.807) is 0 Å². The molecule has 4 N–H and O–H groups in total. The lowest BCUT2D eigenvalue weighted by atomic mass is 10.00. The van der Waals surface area contributed by atoms with E-state index in [1.807, 2.05) is 30.3 Å². The van der Waals surface area contributed by atoms with Gasteiger partial charge < -0.3 is 16.4 Å². The first-order valence-electron chi connectivity index (χ1n) is 7.98. The molecule has 1 aromatic carbocycles. The van der Waals surface area contributed by atoms with Crippen LogP contribution in [0.3, 0.4) is 0 Å². The summed E-state index contributed by atoms with van der Waals surface area (Å²) in [6, 6.07) is 10.1. The van der Waals surface area contributed by atoms with Crippen LogP contribution < -0.4 is 16.4 Å². The summed E-state index contributed by atoms with van der Waals surface area (Å²) in [4.78, 5) is 23.5. The zero-order valence-electron chi connectivity index (χ0n) is 13.3. The van der Waals surface area contributed by atoms with Crippen molar-refractivity contribution in [3.05, 3.63) is 35.9 Å². The summed E-state index contributed by atoms with van der Waals surface area (Å²) >= 11 is 0. The van der Waals surface area contributed by atoms with E-state index in [1.165, 1.54) is 5.56 Å². The molecule has 0 aliphatic heterocycles. The van der Waals surface area contributed by atoms with Gasteiger partial charge in [0.1, 0.15) is 0 Å². The van der Waals surface area contributed by atoms with Crippen LogP contribution in [0.5, 0.6) is 0 Å². The normalized spacial score (nSPS) is 19.7. The van der Waals surface area contributed by atoms with Crippen LogP contribution in [-0.4, -0.2) is 30.9 Å². The zero-order valence-corrected chi connectivity index (χ0v) is 14.1. The molecule has 128 valence electrons. The van der Waals surface area contributed by atoms with Crippen molar-refractivity contribution in [1.82, 2.24) is 10.6 Å². The molecule has 0 aromatic heterocycles. The van der Waals surface area contributed by atoms with Gasteiger partial charge in [-0.3, -0.25) is 9.59 Å². The Hall–Kier alpha value is -1.59. The summed E-state index contributed by atoms with van der Waals surface area (Å²) in [7, 11) is 0. The number of carbonyl (C=O) groups excluding carboxylic acids is 2. The fourth-order valence-electron chi connectivity index (χ4n) is 2.86. The second-order valence-corrected chi connectivity index (χ2v) is 5.92. The van der Waals surface area contributed by atoms with Crippen molar-refractivity contribution in [2.24, 2.45) is 11.7 Å². The standard InChI is InChI=1S/C17H25N3O2.ClH/c18-15-8-4-7-14(15)11-16(21)20-12-17(22)19-10-9-13-5-2-1-3-6-13;/h1-3,5-6,14-15H,4,7-12,18H2,(H,19,22)(H,20,21);1H/t14-,15+;/m0./s1. The van der Waals surface area contributed by atoms with Crippen LogP contribution in [-0.2, 0) is 16.0 Å². The van der Waals surface area contributed by atoms with Gasteiger partial charge in [-0.25, -0.2) is 0 Å². The molecule has 2 amide bonds. The fourth-order valence-corrected chi connectivity index (χ4v) is 2.86. The molecule has 6 heteroatoms. The molecule has 1 saturated carbocycles. The molecule has 0 heterocycles. The van der Waals surface area contributed by atoms with Crippen LogP contribution in [0.25, 0.3) is 0 Å². The van der Waals surface area contributed by atoms with Crippen molar-refractivity contribution in [3.63, 3.8) is 0 Å². The summed E-state index contributed by atoms with van der Waals surface area (Å²) < 4.78 is 0. The summed E-state index contributed by atoms with van der Waals surface area (Å²) in [6.07, 6.45) is 4.32. The van der Waals surface area contributed by atoms with Gasteiger partial charge in [0, 0.05) is 19.0 Å². The zero-order chi connectivity index (χ0) is 15.8. The highest BCUT2D eigenvalue weighted by molar-refractivity contribution is 5.85. The van der Waals surface area contributed by atoms with Crippen LogP contribution in [0, 0.1) is 5.92 Å². The Bertz CT molecular complexity index is 496. The molecule has 1 aliphatic carbocycles. The van der Waals surface area contributed by atoms with Gasteiger partial charge in [-0.05, 0) is 30.7 Å². The van der Waals surface area contributed by atoms with Crippen molar-refractivity contribution >= 4 is 24.2 Å². The molecule has 0 bridgehead atoms. The van der Waals surface area contributed by atoms with Crippen LogP contribution >= 0.6 is 12.4 Å². The van der Waals surface area contributed by atoms with Gasteiger partial charge in [-0.1, -0.05) is 36.8 Å². The average Bonchev–Trinajstić information content (AvgIpc) is 2.91. The summed E-state index contributed by atoms with van der Waals surface area (Å²) in [5.74, 6) is 0.0294. The van der Waals surface area contributed by atoms with Crippen LogP contribution in [0.1, 0.15) is 31.2 Å². The Morgan fingerprint density at radius 2 is 1.83 bits per heavy atom. The third-order valence-electron chi connectivity index (χ3n) is 4.19. The monoisotopic (exact) mass is 339 g/mol. The minimum Gasteiger partial charge on any atom is -0.354 e. The van der Waals surface area contributed by atoms with E-state index in [-0.39, 0.29) is 42.7 Å². The maximum absolute atomic E-state index is 11.8. The average molecular weight is 340 g/mol. The Balaban J connectivity index is 0.00000264. The largest absolute Gasteiger partial charge is 0.354 e. The van der Waals surface area contributed by atoms with Crippen LogP contribution in [0.2, 0.25) is 0 Å². The van der Waals surface area contributed by atoms with E-state index in [4.69, 9.17) is 5.73 Å². The van der Waals surface area contributed by atoms with Crippen molar-refractivity contribution in [2.45, 2.75) is 38.1 Å². The van der Waals surface area contributed by atoms with Gasteiger partial charge in [-0.2, -0.15) is 0 Å². The molecule has 5 nitrogen and oxygen atoms in total. The minimum absolute atomic E-state index is 0. The molecule has 1 aliphatic rings. The molecule has 0 spiro atoms. The smallest absolute Gasteiger partial charge is 0.239 e. The Kier molecular flexibility index (Phi) is 8.66. The van der Waals surface area contributed by atoms with Crippen molar-refractivity contribution in [1.29, 1.82) is 0 Å². The SMILES string of the molecule is Cl.N[C@@H]1CCC[C@H]1CC(=O)NCC(=O)NCCc1ccccc1. The highest BCUT2D eigenvalue weighted by atomic mass is 35.5. The molecule has 1 aromatic rings. The molecule has 23 heavy (non-hydrogen) atoms. The number of hydrogen-bond donors (Lipinski definition) is 3. The van der Waals surface area contributed by atoms with Crippen molar-refractivity contribution < 1.29 is 9.59 Å². The van der Waals surface area contributed by atoms with Crippen molar-refractivity contribution in [3.8, 4) is 0 Å². The number of nitrogens with one attached hydrogen (secondary N) is 2. The van der Waals surface area contributed by atoms with Gasteiger partial charge in [0.2, 0.25) is 11.8 Å². The predicted molar refractivity (Wildman–Crippen MR) is 93.3 cm³/mol. The van der Waals surface area contributed by atoms with E-state index in [0.29, 0.717) is 13.0 Å². The summed E-state index contributed by atoms with van der Waals surface area (Å²) in [5, 5.41) is 5.48. The van der Waals surface area contributed by atoms with Crippen LogP contribution in [0.15, 0.2) is 30.3 Å². The number of amides is 2. The van der Waals surface area contributed by atoms with Gasteiger partial charge in [0.05, 0.1) is 6.54 Å². The van der Waals surface area contributed by atoms with Gasteiger partial charge in [0.25, 0.3) is 0 Å². The molecule has 1 fully saturated rings. The first-order chi connectivity index (χ1) is 10.6. The maximum atomic E-state index is 11.8. The highest BCUT2D eigenvalue weighted by Crippen LogP contribution is 2.26. The number of benzene rings is 1. The number of halogens is 1. The highest BCUT2D eigenvalue weighted by Gasteiger charge is 2.25. The Morgan fingerprint density at radius 3 is 2.48 bits per heavy atom. The van der Waals surface area contributed by atoms with Gasteiger partial charge >= 0.3 is 0 Å². The third-order valence-corrected chi connectivity index (χ3v) is 4.19. The Morgan fingerprint density at radius 1 is 1.09 bits per heavy atom. The first kappa shape index (κ1) is 19.5. The quantitative estimate of drug-likeness (QED) is 0.702. The Labute approximate surface area is 143 Å². The molecular weight excluding hydrogens is 314 g/mol. The molecule has 2 atom stereocenters.